The molecule has 0 bridgehead atoms. The topological polar surface area (TPSA) is 32.3 Å². The smallest absolute Gasteiger partial charge is 0.317 e. The van der Waals surface area contributed by atoms with E-state index in [1.54, 1.807) is 0 Å². The standard InChI is InChI=1S/C17H24N2O/c1-17(2)12-19(11-13-7-3-6-10-15(13)17)16(20)18-14-8-4-5-9-14/h3,6-7,10,14H,4-5,8-9,11-12H2,1-2H3,(H,18,20). The fourth-order valence-electron chi connectivity index (χ4n) is 3.62. The van der Waals surface area contributed by atoms with Crippen LogP contribution < -0.4 is 5.32 Å². The maximum absolute atomic E-state index is 12.5. The van der Waals surface area contributed by atoms with Crippen LogP contribution in [-0.2, 0) is 12.0 Å². The predicted molar refractivity (Wildman–Crippen MR) is 80.7 cm³/mol. The van der Waals surface area contributed by atoms with Crippen LogP contribution in [0.5, 0.6) is 0 Å². The normalized spacial score (nSPS) is 21.6. The summed E-state index contributed by atoms with van der Waals surface area (Å²) in [5, 5.41) is 3.20. The van der Waals surface area contributed by atoms with Crippen molar-refractivity contribution in [1.82, 2.24) is 10.2 Å². The lowest BCUT2D eigenvalue weighted by Gasteiger charge is -2.40. The molecule has 1 heterocycles. The third-order valence-electron chi connectivity index (χ3n) is 4.66. The summed E-state index contributed by atoms with van der Waals surface area (Å²) in [5.41, 5.74) is 2.69. The number of urea groups is 1. The minimum Gasteiger partial charge on any atom is -0.335 e. The molecule has 3 rings (SSSR count). The molecule has 1 aromatic carbocycles. The van der Waals surface area contributed by atoms with Gasteiger partial charge in [-0.1, -0.05) is 51.0 Å². The Kier molecular flexibility index (Phi) is 3.45. The van der Waals surface area contributed by atoms with E-state index < -0.39 is 0 Å². The van der Waals surface area contributed by atoms with E-state index in [-0.39, 0.29) is 11.4 Å². The number of carbonyl (C=O) groups excluding carboxylic acids is 1. The predicted octanol–water partition coefficient (Wildman–Crippen LogP) is 3.43. The molecule has 0 unspecified atom stereocenters. The first-order valence-electron chi connectivity index (χ1n) is 7.70. The lowest BCUT2D eigenvalue weighted by atomic mass is 9.78. The lowest BCUT2D eigenvalue weighted by Crippen LogP contribution is -2.50. The summed E-state index contributed by atoms with van der Waals surface area (Å²) in [4.78, 5) is 14.4. The number of carbonyl (C=O) groups is 1. The van der Waals surface area contributed by atoms with Crippen molar-refractivity contribution in [3.05, 3.63) is 35.4 Å². The molecule has 0 aromatic heterocycles. The van der Waals surface area contributed by atoms with Crippen molar-refractivity contribution in [3.8, 4) is 0 Å². The molecule has 0 saturated heterocycles. The van der Waals surface area contributed by atoms with E-state index in [1.165, 1.54) is 24.0 Å². The zero-order valence-electron chi connectivity index (χ0n) is 12.5. The number of nitrogens with zero attached hydrogens (tertiary/aromatic N) is 1. The Morgan fingerprint density at radius 1 is 1.25 bits per heavy atom. The number of benzene rings is 1. The molecule has 20 heavy (non-hydrogen) atoms. The number of rotatable bonds is 1. The lowest BCUT2D eigenvalue weighted by molar-refractivity contribution is 0.170. The van der Waals surface area contributed by atoms with Gasteiger partial charge >= 0.3 is 6.03 Å². The zero-order chi connectivity index (χ0) is 14.2. The summed E-state index contributed by atoms with van der Waals surface area (Å²) in [6, 6.07) is 9.00. The SMILES string of the molecule is CC1(C)CN(C(=O)NC2CCCC2)Cc2ccccc21. The number of fused-ring (bicyclic) bond motifs is 1. The van der Waals surface area contributed by atoms with E-state index in [4.69, 9.17) is 0 Å². The molecule has 1 N–H and O–H groups in total. The van der Waals surface area contributed by atoms with Crippen LogP contribution in [0.1, 0.15) is 50.7 Å². The first kappa shape index (κ1) is 13.5. The summed E-state index contributed by atoms with van der Waals surface area (Å²) in [7, 11) is 0. The van der Waals surface area contributed by atoms with Crippen molar-refractivity contribution in [3.63, 3.8) is 0 Å². The summed E-state index contributed by atoms with van der Waals surface area (Å²) in [5.74, 6) is 0. The Labute approximate surface area is 121 Å². The van der Waals surface area contributed by atoms with Gasteiger partial charge in [-0.3, -0.25) is 0 Å². The van der Waals surface area contributed by atoms with Crippen molar-refractivity contribution in [1.29, 1.82) is 0 Å². The molecule has 2 aliphatic rings. The van der Waals surface area contributed by atoms with Gasteiger partial charge in [-0.05, 0) is 24.0 Å². The Bertz CT molecular complexity index is 503. The summed E-state index contributed by atoms with van der Waals surface area (Å²) >= 11 is 0. The van der Waals surface area contributed by atoms with Gasteiger partial charge in [0.2, 0.25) is 0 Å². The Morgan fingerprint density at radius 2 is 1.95 bits per heavy atom. The molecule has 1 aliphatic heterocycles. The summed E-state index contributed by atoms with van der Waals surface area (Å²) < 4.78 is 0. The maximum atomic E-state index is 12.5. The number of amides is 2. The first-order valence-corrected chi connectivity index (χ1v) is 7.70. The Morgan fingerprint density at radius 3 is 2.70 bits per heavy atom. The quantitative estimate of drug-likeness (QED) is 0.834. The van der Waals surface area contributed by atoms with Crippen LogP contribution in [0.25, 0.3) is 0 Å². The average Bonchev–Trinajstić information content (AvgIpc) is 2.91. The van der Waals surface area contributed by atoms with E-state index in [0.29, 0.717) is 6.04 Å². The van der Waals surface area contributed by atoms with Crippen molar-refractivity contribution in [2.75, 3.05) is 6.54 Å². The molecule has 0 radical (unpaired) electrons. The van der Waals surface area contributed by atoms with E-state index >= 15 is 0 Å². The van der Waals surface area contributed by atoms with Crippen molar-refractivity contribution in [2.45, 2.75) is 57.5 Å². The molecule has 0 spiro atoms. The largest absolute Gasteiger partial charge is 0.335 e. The summed E-state index contributed by atoms with van der Waals surface area (Å²) in [6.07, 6.45) is 4.78. The molecular weight excluding hydrogens is 248 g/mol. The average molecular weight is 272 g/mol. The molecule has 3 heteroatoms. The van der Waals surface area contributed by atoms with Crippen LogP contribution in [0.15, 0.2) is 24.3 Å². The van der Waals surface area contributed by atoms with Gasteiger partial charge in [-0.2, -0.15) is 0 Å². The molecule has 2 amide bonds. The van der Waals surface area contributed by atoms with Gasteiger partial charge in [0.1, 0.15) is 0 Å². The molecule has 108 valence electrons. The van der Waals surface area contributed by atoms with Crippen LogP contribution in [0.2, 0.25) is 0 Å². The van der Waals surface area contributed by atoms with Gasteiger partial charge in [-0.25, -0.2) is 4.79 Å². The molecular formula is C17H24N2O. The number of nitrogens with one attached hydrogen (secondary N) is 1. The minimum atomic E-state index is 0.0296. The number of hydrogen-bond acceptors (Lipinski definition) is 1. The van der Waals surface area contributed by atoms with Crippen LogP contribution in [0.3, 0.4) is 0 Å². The van der Waals surface area contributed by atoms with Crippen LogP contribution in [-0.4, -0.2) is 23.5 Å². The minimum absolute atomic E-state index is 0.0296. The van der Waals surface area contributed by atoms with Gasteiger partial charge in [0.15, 0.2) is 0 Å². The van der Waals surface area contributed by atoms with Crippen molar-refractivity contribution in [2.24, 2.45) is 0 Å². The highest BCUT2D eigenvalue weighted by Gasteiger charge is 2.34. The monoisotopic (exact) mass is 272 g/mol. The number of hydrogen-bond donors (Lipinski definition) is 1. The van der Waals surface area contributed by atoms with Gasteiger partial charge in [0.25, 0.3) is 0 Å². The highest BCUT2D eigenvalue weighted by molar-refractivity contribution is 5.75. The van der Waals surface area contributed by atoms with E-state index in [1.807, 2.05) is 4.90 Å². The van der Waals surface area contributed by atoms with E-state index in [0.717, 1.165) is 25.9 Å². The van der Waals surface area contributed by atoms with E-state index in [9.17, 15) is 4.79 Å². The Balaban J connectivity index is 1.75. The van der Waals surface area contributed by atoms with Crippen LogP contribution in [0, 0.1) is 0 Å². The fourth-order valence-corrected chi connectivity index (χ4v) is 3.62. The van der Waals surface area contributed by atoms with Crippen LogP contribution >= 0.6 is 0 Å². The molecule has 1 fully saturated rings. The highest BCUT2D eigenvalue weighted by Crippen LogP contribution is 2.33. The summed E-state index contributed by atoms with van der Waals surface area (Å²) in [6.45, 7) is 5.97. The van der Waals surface area contributed by atoms with Crippen LogP contribution in [0.4, 0.5) is 4.79 Å². The first-order chi connectivity index (χ1) is 9.56. The fraction of sp³-hybridized carbons (Fsp3) is 0.588. The van der Waals surface area contributed by atoms with Crippen molar-refractivity contribution < 1.29 is 4.79 Å². The second-order valence-corrected chi connectivity index (χ2v) is 6.83. The third kappa shape index (κ3) is 2.54. The molecule has 3 nitrogen and oxygen atoms in total. The second kappa shape index (κ2) is 5.12. The van der Waals surface area contributed by atoms with Gasteiger partial charge in [0.05, 0.1) is 0 Å². The molecule has 0 atom stereocenters. The second-order valence-electron chi connectivity index (χ2n) is 6.83. The maximum Gasteiger partial charge on any atom is 0.317 e. The molecule has 1 aliphatic carbocycles. The zero-order valence-corrected chi connectivity index (χ0v) is 12.5. The van der Waals surface area contributed by atoms with E-state index in [2.05, 4.69) is 43.4 Å². The highest BCUT2D eigenvalue weighted by atomic mass is 16.2. The van der Waals surface area contributed by atoms with Gasteiger partial charge in [-0.15, -0.1) is 0 Å². The molecule has 1 saturated carbocycles. The van der Waals surface area contributed by atoms with Crippen molar-refractivity contribution >= 4 is 6.03 Å². The Hall–Kier alpha value is -1.51. The molecule has 1 aromatic rings. The van der Waals surface area contributed by atoms with Gasteiger partial charge < -0.3 is 10.2 Å². The van der Waals surface area contributed by atoms with Gasteiger partial charge in [0, 0.05) is 24.5 Å². The third-order valence-corrected chi connectivity index (χ3v) is 4.66.